The number of nitrogens with zero attached hydrogens (tertiary/aromatic N) is 1. The van der Waals surface area contributed by atoms with Crippen molar-refractivity contribution in [2.24, 2.45) is 0 Å². The molecule has 1 aromatic rings. The number of aromatic amines is 1. The van der Waals surface area contributed by atoms with Gasteiger partial charge in [0.05, 0.1) is 25.7 Å². The second-order valence-electron chi connectivity index (χ2n) is 3.40. The molecule has 2 rings (SSSR count). The van der Waals surface area contributed by atoms with E-state index in [4.69, 9.17) is 4.74 Å². The molecule has 6 heteroatoms. The zero-order valence-corrected chi connectivity index (χ0v) is 8.32. The first-order chi connectivity index (χ1) is 7.36. The van der Waals surface area contributed by atoms with Gasteiger partial charge in [-0.05, 0) is 0 Å². The van der Waals surface area contributed by atoms with Crippen molar-refractivity contribution in [1.82, 2.24) is 20.6 Å². The second kappa shape index (κ2) is 4.90. The van der Waals surface area contributed by atoms with Gasteiger partial charge >= 0.3 is 0 Å². The molecule has 1 aliphatic heterocycles. The Morgan fingerprint density at radius 3 is 3.33 bits per heavy atom. The summed E-state index contributed by atoms with van der Waals surface area (Å²) in [4.78, 5) is 18.0. The van der Waals surface area contributed by atoms with E-state index in [2.05, 4.69) is 20.6 Å². The molecule has 2 heterocycles. The summed E-state index contributed by atoms with van der Waals surface area (Å²) in [7, 11) is 0. The molecule has 1 unspecified atom stereocenters. The van der Waals surface area contributed by atoms with Crippen molar-refractivity contribution in [3.05, 3.63) is 18.2 Å². The Bertz CT molecular complexity index is 306. The molecule has 1 amide bonds. The van der Waals surface area contributed by atoms with Crippen LogP contribution < -0.4 is 10.6 Å². The third-order valence-electron chi connectivity index (χ3n) is 2.25. The summed E-state index contributed by atoms with van der Waals surface area (Å²) in [5.41, 5.74) is 0.478. The van der Waals surface area contributed by atoms with E-state index in [1.54, 1.807) is 0 Å². The van der Waals surface area contributed by atoms with E-state index in [9.17, 15) is 4.79 Å². The molecule has 1 atom stereocenters. The van der Waals surface area contributed by atoms with Gasteiger partial charge in [-0.15, -0.1) is 0 Å². The Labute approximate surface area is 87.4 Å². The number of imidazole rings is 1. The van der Waals surface area contributed by atoms with Gasteiger partial charge in [0, 0.05) is 19.1 Å². The van der Waals surface area contributed by atoms with Crippen LogP contribution in [-0.2, 0) is 4.74 Å². The molecular weight excluding hydrogens is 196 g/mol. The Kier molecular flexibility index (Phi) is 3.31. The van der Waals surface area contributed by atoms with E-state index in [0.717, 1.165) is 13.2 Å². The van der Waals surface area contributed by atoms with Gasteiger partial charge in [-0.2, -0.15) is 0 Å². The Morgan fingerprint density at radius 2 is 2.67 bits per heavy atom. The van der Waals surface area contributed by atoms with Gasteiger partial charge in [-0.25, -0.2) is 4.98 Å². The van der Waals surface area contributed by atoms with E-state index in [1.165, 1.54) is 12.5 Å². The van der Waals surface area contributed by atoms with Crippen molar-refractivity contribution in [2.75, 3.05) is 26.3 Å². The van der Waals surface area contributed by atoms with Crippen LogP contribution in [0.5, 0.6) is 0 Å². The lowest BCUT2D eigenvalue weighted by molar-refractivity contribution is 0.0733. The molecule has 1 fully saturated rings. The van der Waals surface area contributed by atoms with E-state index < -0.39 is 0 Å². The number of ether oxygens (including phenoxy) is 1. The summed E-state index contributed by atoms with van der Waals surface area (Å²) in [6.07, 6.45) is 2.98. The highest BCUT2D eigenvalue weighted by Gasteiger charge is 2.14. The van der Waals surface area contributed by atoms with Crippen LogP contribution in [0.25, 0.3) is 0 Å². The van der Waals surface area contributed by atoms with Crippen LogP contribution in [0.4, 0.5) is 0 Å². The number of hydrogen-bond donors (Lipinski definition) is 3. The van der Waals surface area contributed by atoms with Crippen molar-refractivity contribution in [3.8, 4) is 0 Å². The van der Waals surface area contributed by atoms with Crippen LogP contribution in [0.1, 0.15) is 10.5 Å². The number of nitrogens with one attached hydrogen (secondary N) is 3. The lowest BCUT2D eigenvalue weighted by Gasteiger charge is -2.23. The zero-order valence-electron chi connectivity index (χ0n) is 8.32. The lowest BCUT2D eigenvalue weighted by atomic mass is 10.2. The summed E-state index contributed by atoms with van der Waals surface area (Å²) in [6, 6.07) is 0.200. The third-order valence-corrected chi connectivity index (χ3v) is 2.25. The topological polar surface area (TPSA) is 79.0 Å². The van der Waals surface area contributed by atoms with Crippen molar-refractivity contribution in [2.45, 2.75) is 6.04 Å². The van der Waals surface area contributed by atoms with Crippen LogP contribution >= 0.6 is 0 Å². The summed E-state index contributed by atoms with van der Waals surface area (Å²) in [5.74, 6) is -0.139. The van der Waals surface area contributed by atoms with Crippen LogP contribution in [0.15, 0.2) is 12.5 Å². The predicted molar refractivity (Wildman–Crippen MR) is 53.5 cm³/mol. The monoisotopic (exact) mass is 210 g/mol. The fourth-order valence-corrected chi connectivity index (χ4v) is 1.44. The van der Waals surface area contributed by atoms with Gasteiger partial charge in [0.1, 0.15) is 5.69 Å². The highest BCUT2D eigenvalue weighted by Crippen LogP contribution is 1.93. The quantitative estimate of drug-likeness (QED) is 0.606. The van der Waals surface area contributed by atoms with Gasteiger partial charge < -0.3 is 20.4 Å². The maximum atomic E-state index is 11.5. The minimum atomic E-state index is -0.139. The van der Waals surface area contributed by atoms with Crippen LogP contribution in [0.2, 0.25) is 0 Å². The molecule has 0 aromatic carbocycles. The lowest BCUT2D eigenvalue weighted by Crippen LogP contribution is -2.48. The van der Waals surface area contributed by atoms with Crippen LogP contribution in [-0.4, -0.2) is 48.2 Å². The number of carbonyl (C=O) groups excluding carboxylic acids is 1. The summed E-state index contributed by atoms with van der Waals surface area (Å²) in [5, 5.41) is 6.06. The van der Waals surface area contributed by atoms with Gasteiger partial charge in [-0.3, -0.25) is 4.79 Å². The Hall–Kier alpha value is -1.40. The minimum Gasteiger partial charge on any atom is -0.378 e. The minimum absolute atomic E-state index is 0.139. The first-order valence-electron chi connectivity index (χ1n) is 4.94. The molecule has 1 aromatic heterocycles. The van der Waals surface area contributed by atoms with Crippen LogP contribution in [0, 0.1) is 0 Å². The Balaban J connectivity index is 1.75. The Morgan fingerprint density at radius 1 is 1.73 bits per heavy atom. The van der Waals surface area contributed by atoms with Gasteiger partial charge in [0.25, 0.3) is 5.91 Å². The highest BCUT2D eigenvalue weighted by molar-refractivity contribution is 5.91. The molecule has 0 spiro atoms. The average Bonchev–Trinajstić information content (AvgIpc) is 2.81. The highest BCUT2D eigenvalue weighted by atomic mass is 16.5. The van der Waals surface area contributed by atoms with Crippen LogP contribution in [0.3, 0.4) is 0 Å². The number of H-pyrrole nitrogens is 1. The molecule has 3 N–H and O–H groups in total. The van der Waals surface area contributed by atoms with Crippen molar-refractivity contribution < 1.29 is 9.53 Å². The SMILES string of the molecule is O=C(NCC1COCCN1)c1cnc[nH]1. The predicted octanol–water partition coefficient (Wildman–Crippen LogP) is -0.872. The molecule has 1 aliphatic rings. The van der Waals surface area contributed by atoms with E-state index in [1.807, 2.05) is 0 Å². The maximum absolute atomic E-state index is 11.5. The molecule has 0 saturated carbocycles. The number of amides is 1. The number of rotatable bonds is 3. The third kappa shape index (κ3) is 2.77. The molecule has 0 bridgehead atoms. The standard InChI is InChI=1S/C9H14N4O2/c14-9(8-4-10-6-13-8)12-3-7-5-15-2-1-11-7/h4,6-7,11H,1-3,5H2,(H,10,13)(H,12,14). The first kappa shape index (κ1) is 10.1. The number of carbonyl (C=O) groups is 1. The van der Waals surface area contributed by atoms with E-state index in [-0.39, 0.29) is 11.9 Å². The number of morpholine rings is 1. The second-order valence-corrected chi connectivity index (χ2v) is 3.40. The van der Waals surface area contributed by atoms with Crippen molar-refractivity contribution in [3.63, 3.8) is 0 Å². The molecule has 82 valence electrons. The fraction of sp³-hybridized carbons (Fsp3) is 0.556. The molecular formula is C9H14N4O2. The smallest absolute Gasteiger partial charge is 0.269 e. The van der Waals surface area contributed by atoms with E-state index >= 15 is 0 Å². The molecule has 15 heavy (non-hydrogen) atoms. The van der Waals surface area contributed by atoms with Gasteiger partial charge in [-0.1, -0.05) is 0 Å². The van der Waals surface area contributed by atoms with Crippen molar-refractivity contribution >= 4 is 5.91 Å². The van der Waals surface area contributed by atoms with Gasteiger partial charge in [0.15, 0.2) is 0 Å². The van der Waals surface area contributed by atoms with Gasteiger partial charge in [0.2, 0.25) is 0 Å². The average molecular weight is 210 g/mol. The normalized spacial score (nSPS) is 21.2. The molecule has 0 aliphatic carbocycles. The molecule has 0 radical (unpaired) electrons. The summed E-state index contributed by atoms with van der Waals surface area (Å²) < 4.78 is 5.27. The van der Waals surface area contributed by atoms with E-state index in [0.29, 0.717) is 18.8 Å². The number of hydrogen-bond acceptors (Lipinski definition) is 4. The van der Waals surface area contributed by atoms with Crippen molar-refractivity contribution in [1.29, 1.82) is 0 Å². The summed E-state index contributed by atoms with van der Waals surface area (Å²) in [6.45, 7) is 2.79. The molecule has 6 nitrogen and oxygen atoms in total. The first-order valence-corrected chi connectivity index (χ1v) is 4.94. The largest absolute Gasteiger partial charge is 0.378 e. The molecule has 1 saturated heterocycles. The fourth-order valence-electron chi connectivity index (χ4n) is 1.44. The summed E-state index contributed by atoms with van der Waals surface area (Å²) >= 11 is 0. The zero-order chi connectivity index (χ0) is 10.5. The maximum Gasteiger partial charge on any atom is 0.269 e. The number of aromatic nitrogens is 2.